The number of hydrogen-bond acceptors (Lipinski definition) is 3. The molecule has 3 aliphatic rings. The number of aliphatic carboxylic acids is 1. The van der Waals surface area contributed by atoms with Gasteiger partial charge >= 0.3 is 12.0 Å². The van der Waals surface area contributed by atoms with Crippen molar-refractivity contribution >= 4 is 12.0 Å². The molecule has 0 radical (unpaired) electrons. The van der Waals surface area contributed by atoms with Crippen LogP contribution in [0.3, 0.4) is 0 Å². The topological polar surface area (TPSA) is 72.9 Å². The molecule has 26 heavy (non-hydrogen) atoms. The molecule has 148 valence electrons. The summed E-state index contributed by atoms with van der Waals surface area (Å²) in [4.78, 5) is 27.8. The van der Waals surface area contributed by atoms with E-state index in [0.29, 0.717) is 17.4 Å². The molecular weight excluding hydrogens is 330 g/mol. The van der Waals surface area contributed by atoms with Gasteiger partial charge in [0.1, 0.15) is 0 Å². The fourth-order valence-corrected chi connectivity index (χ4v) is 5.66. The van der Waals surface area contributed by atoms with E-state index in [9.17, 15) is 9.59 Å². The first-order valence-electron chi connectivity index (χ1n) is 10.4. The Bertz CT molecular complexity index is 524. The van der Waals surface area contributed by atoms with Gasteiger partial charge in [0.25, 0.3) is 0 Å². The van der Waals surface area contributed by atoms with Crippen LogP contribution in [0.2, 0.25) is 0 Å². The smallest absolute Gasteiger partial charge is 0.317 e. The van der Waals surface area contributed by atoms with Crippen molar-refractivity contribution in [3.8, 4) is 0 Å². The van der Waals surface area contributed by atoms with E-state index in [0.717, 1.165) is 25.9 Å². The van der Waals surface area contributed by atoms with Gasteiger partial charge in [-0.05, 0) is 38.1 Å². The molecule has 1 atom stereocenters. The molecule has 0 aromatic rings. The van der Waals surface area contributed by atoms with Crippen molar-refractivity contribution in [3.05, 3.63) is 0 Å². The minimum absolute atomic E-state index is 0.0876. The molecule has 6 heteroatoms. The number of urea groups is 1. The Hall–Kier alpha value is -1.30. The Balaban J connectivity index is 1.49. The van der Waals surface area contributed by atoms with Crippen molar-refractivity contribution in [3.63, 3.8) is 0 Å². The summed E-state index contributed by atoms with van der Waals surface area (Å²) >= 11 is 0. The van der Waals surface area contributed by atoms with Crippen LogP contribution in [-0.2, 0) is 4.79 Å². The third kappa shape index (κ3) is 3.71. The number of rotatable bonds is 6. The van der Waals surface area contributed by atoms with E-state index in [2.05, 4.69) is 24.1 Å². The Kier molecular flexibility index (Phi) is 5.80. The zero-order valence-corrected chi connectivity index (χ0v) is 16.5. The van der Waals surface area contributed by atoms with Gasteiger partial charge in [-0.1, -0.05) is 40.0 Å². The molecule has 1 saturated heterocycles. The molecule has 2 saturated carbocycles. The maximum Gasteiger partial charge on any atom is 0.317 e. The Morgan fingerprint density at radius 2 is 1.88 bits per heavy atom. The lowest BCUT2D eigenvalue weighted by molar-refractivity contribution is -0.139. The van der Waals surface area contributed by atoms with Crippen LogP contribution >= 0.6 is 0 Å². The lowest BCUT2D eigenvalue weighted by atomic mass is 9.60. The minimum atomic E-state index is -0.780. The van der Waals surface area contributed by atoms with Gasteiger partial charge in [0.15, 0.2) is 0 Å². The molecule has 1 unspecified atom stereocenters. The lowest BCUT2D eigenvalue weighted by Crippen LogP contribution is -2.71. The van der Waals surface area contributed by atoms with Gasteiger partial charge in [-0.25, -0.2) is 4.79 Å². The molecule has 1 spiro atoms. The first-order valence-corrected chi connectivity index (χ1v) is 10.4. The van der Waals surface area contributed by atoms with Crippen LogP contribution in [0.1, 0.15) is 65.7 Å². The number of carboxylic acid groups (broad SMARTS) is 1. The van der Waals surface area contributed by atoms with Gasteiger partial charge in [-0.2, -0.15) is 0 Å². The van der Waals surface area contributed by atoms with Crippen molar-refractivity contribution in [2.75, 3.05) is 19.6 Å². The Morgan fingerprint density at radius 1 is 1.23 bits per heavy atom. The predicted octanol–water partition coefficient (Wildman–Crippen LogP) is 2.92. The predicted molar refractivity (Wildman–Crippen MR) is 101 cm³/mol. The Morgan fingerprint density at radius 3 is 2.42 bits per heavy atom. The van der Waals surface area contributed by atoms with E-state index < -0.39 is 5.97 Å². The molecular formula is C20H35N3O3. The van der Waals surface area contributed by atoms with E-state index in [1.807, 2.05) is 11.8 Å². The largest absolute Gasteiger partial charge is 0.480 e. The monoisotopic (exact) mass is 365 g/mol. The minimum Gasteiger partial charge on any atom is -0.480 e. The highest BCUT2D eigenvalue weighted by Crippen LogP contribution is 2.51. The number of carbonyl (C=O) groups is 2. The summed E-state index contributed by atoms with van der Waals surface area (Å²) in [6.07, 6.45) is 8.21. The first-order chi connectivity index (χ1) is 12.4. The van der Waals surface area contributed by atoms with Gasteiger partial charge in [0, 0.05) is 30.1 Å². The maximum atomic E-state index is 12.8. The number of likely N-dealkylation sites (N-methyl/N-ethyl adjacent to an activating group) is 1. The Labute approximate surface area is 157 Å². The standard InChI is InChI=1S/C20H35N3O3/c1-4-22(12-17(24)25)16-10-15(11-16)21-19(26)23-13-20(18(23)14(2)3)8-6-5-7-9-20/h14-16,18H,4-13H2,1-3H3,(H,21,26)(H,24,25). The van der Waals surface area contributed by atoms with E-state index in [-0.39, 0.29) is 24.7 Å². The zero-order valence-electron chi connectivity index (χ0n) is 16.5. The summed E-state index contributed by atoms with van der Waals surface area (Å²) in [5.74, 6) is -0.287. The van der Waals surface area contributed by atoms with Gasteiger partial charge in [0.05, 0.1) is 6.54 Å². The van der Waals surface area contributed by atoms with Crippen molar-refractivity contribution in [1.82, 2.24) is 15.1 Å². The molecule has 0 bridgehead atoms. The fraction of sp³-hybridized carbons (Fsp3) is 0.900. The average molecular weight is 366 g/mol. The van der Waals surface area contributed by atoms with Crippen LogP contribution in [0.25, 0.3) is 0 Å². The van der Waals surface area contributed by atoms with Gasteiger partial charge in [0.2, 0.25) is 0 Å². The third-order valence-corrected chi connectivity index (χ3v) is 6.89. The van der Waals surface area contributed by atoms with Crippen LogP contribution in [0, 0.1) is 11.3 Å². The van der Waals surface area contributed by atoms with Crippen LogP contribution in [0.15, 0.2) is 0 Å². The maximum absolute atomic E-state index is 12.8. The van der Waals surface area contributed by atoms with Gasteiger partial charge in [-0.15, -0.1) is 0 Å². The zero-order chi connectivity index (χ0) is 18.9. The molecule has 1 aliphatic heterocycles. The molecule has 6 nitrogen and oxygen atoms in total. The molecule has 3 rings (SSSR count). The van der Waals surface area contributed by atoms with Gasteiger partial charge in [-0.3, -0.25) is 9.69 Å². The normalized spacial score (nSPS) is 30.2. The lowest BCUT2D eigenvalue weighted by Gasteiger charge is -2.61. The van der Waals surface area contributed by atoms with Crippen LogP contribution in [0.4, 0.5) is 4.79 Å². The number of likely N-dealkylation sites (tertiary alicyclic amines) is 1. The molecule has 2 N–H and O–H groups in total. The molecule has 2 amide bonds. The van der Waals surface area contributed by atoms with E-state index in [1.54, 1.807) is 0 Å². The molecule has 3 fully saturated rings. The van der Waals surface area contributed by atoms with Crippen molar-refractivity contribution in [2.45, 2.75) is 83.8 Å². The van der Waals surface area contributed by atoms with E-state index in [4.69, 9.17) is 5.11 Å². The summed E-state index contributed by atoms with van der Waals surface area (Å²) in [6.45, 7) is 8.22. The summed E-state index contributed by atoms with van der Waals surface area (Å²) < 4.78 is 0. The number of amides is 2. The van der Waals surface area contributed by atoms with Crippen molar-refractivity contribution < 1.29 is 14.7 Å². The van der Waals surface area contributed by atoms with Crippen LogP contribution in [0.5, 0.6) is 0 Å². The van der Waals surface area contributed by atoms with E-state index in [1.165, 1.54) is 32.1 Å². The highest BCUT2D eigenvalue weighted by Gasteiger charge is 2.55. The van der Waals surface area contributed by atoms with Crippen LogP contribution < -0.4 is 5.32 Å². The van der Waals surface area contributed by atoms with Crippen molar-refractivity contribution in [2.24, 2.45) is 11.3 Å². The molecule has 0 aromatic heterocycles. The number of carboxylic acids is 1. The number of hydrogen-bond donors (Lipinski definition) is 2. The number of nitrogens with one attached hydrogen (secondary N) is 1. The second-order valence-electron chi connectivity index (χ2n) is 8.97. The number of carbonyl (C=O) groups excluding carboxylic acids is 1. The second kappa shape index (κ2) is 7.75. The van der Waals surface area contributed by atoms with Gasteiger partial charge < -0.3 is 15.3 Å². The summed E-state index contributed by atoms with van der Waals surface area (Å²) in [5, 5.41) is 12.2. The SMILES string of the molecule is CCN(CC(=O)O)C1CC(NC(=O)N2CC3(CCCCC3)C2C(C)C)C1. The van der Waals surface area contributed by atoms with Crippen molar-refractivity contribution in [1.29, 1.82) is 0 Å². The highest BCUT2D eigenvalue weighted by atomic mass is 16.4. The second-order valence-corrected chi connectivity index (χ2v) is 8.97. The molecule has 2 aliphatic carbocycles. The average Bonchev–Trinajstić information content (AvgIpc) is 2.53. The molecule has 1 heterocycles. The highest BCUT2D eigenvalue weighted by molar-refractivity contribution is 5.76. The summed E-state index contributed by atoms with van der Waals surface area (Å²) in [5.41, 5.74) is 0.367. The summed E-state index contributed by atoms with van der Waals surface area (Å²) in [7, 11) is 0. The van der Waals surface area contributed by atoms with E-state index >= 15 is 0 Å². The third-order valence-electron chi connectivity index (χ3n) is 6.89. The van der Waals surface area contributed by atoms with Crippen LogP contribution in [-0.4, -0.2) is 64.7 Å². The number of nitrogens with zero attached hydrogens (tertiary/aromatic N) is 2. The summed E-state index contributed by atoms with van der Waals surface area (Å²) in [6, 6.07) is 0.928. The first kappa shape index (κ1) is 19.5. The fourth-order valence-electron chi connectivity index (χ4n) is 5.66. The molecule has 0 aromatic carbocycles. The quantitative estimate of drug-likeness (QED) is 0.759.